The zero-order valence-electron chi connectivity index (χ0n) is 6.16. The van der Waals surface area contributed by atoms with E-state index >= 15 is 0 Å². The second kappa shape index (κ2) is 6.73. The predicted octanol–water partition coefficient (Wildman–Crippen LogP) is 0.271. The van der Waals surface area contributed by atoms with Gasteiger partial charge in [-0.05, 0) is 12.8 Å². The molecule has 10 heavy (non-hydrogen) atoms. The van der Waals surface area contributed by atoms with E-state index in [2.05, 4.69) is 0 Å². The maximum atomic E-state index is 5.65. The van der Waals surface area contributed by atoms with E-state index in [0.29, 0.717) is 0 Å². The van der Waals surface area contributed by atoms with E-state index in [1.807, 2.05) is 0 Å². The number of hydrogen-bond donors (Lipinski definition) is 2. The molecule has 0 aromatic carbocycles. The molecule has 0 amide bonds. The first-order valence-electron chi connectivity index (χ1n) is 3.32. The second-order valence-corrected chi connectivity index (χ2v) is 2.61. The van der Waals surface area contributed by atoms with Crippen molar-refractivity contribution in [2.24, 2.45) is 11.5 Å². The molecule has 4 N–H and O–H groups in total. The van der Waals surface area contributed by atoms with Crippen molar-refractivity contribution in [3.05, 3.63) is 0 Å². The zero-order chi connectivity index (χ0) is 5.98. The Morgan fingerprint density at radius 3 is 1.40 bits per heavy atom. The monoisotopic (exact) mass is 343 g/mol. The van der Waals surface area contributed by atoms with Crippen molar-refractivity contribution in [1.82, 2.24) is 0 Å². The molecule has 0 spiro atoms. The summed E-state index contributed by atoms with van der Waals surface area (Å²) >= 11 is 0. The molecule has 0 aliphatic heterocycles. The Balaban J connectivity index is 0. The molecule has 0 radical (unpaired) electrons. The molecule has 0 heterocycles. The van der Waals surface area contributed by atoms with Crippen LogP contribution in [0, 0.1) is 0 Å². The molecule has 0 saturated heterocycles. The average molecular weight is 343 g/mol. The molecule has 3 unspecified atom stereocenters. The van der Waals surface area contributed by atoms with Crippen molar-refractivity contribution in [2.45, 2.75) is 37.8 Å². The third-order valence-corrected chi connectivity index (χ3v) is 1.87. The summed E-state index contributed by atoms with van der Waals surface area (Å²) in [4.78, 5) is 0. The minimum atomic E-state index is 0. The van der Waals surface area contributed by atoms with Gasteiger partial charge in [0.1, 0.15) is 0 Å². The molecule has 0 aromatic heterocycles. The van der Waals surface area contributed by atoms with Gasteiger partial charge in [-0.1, -0.05) is 12.8 Å². The Labute approximate surface area is 80.4 Å². The molecule has 1 saturated carbocycles. The smallest absolute Gasteiger partial charge is 0.0192 e. The van der Waals surface area contributed by atoms with Crippen LogP contribution >= 0.6 is 9.90 Å². The fourth-order valence-electron chi connectivity index (χ4n) is 1.19. The van der Waals surface area contributed by atoms with Crippen molar-refractivity contribution in [2.75, 3.05) is 0 Å². The van der Waals surface area contributed by atoms with Crippen LogP contribution in [-0.4, -0.2) is 12.1 Å². The summed E-state index contributed by atoms with van der Waals surface area (Å²) < 4.78 is 0. The van der Waals surface area contributed by atoms with E-state index in [0.717, 1.165) is 12.8 Å². The van der Waals surface area contributed by atoms with E-state index in [-0.39, 0.29) is 43.0 Å². The molecule has 4 heteroatoms. The van der Waals surface area contributed by atoms with Gasteiger partial charge < -0.3 is 11.5 Å². The van der Waals surface area contributed by atoms with Crippen LogP contribution < -0.4 is 11.5 Å². The van der Waals surface area contributed by atoms with E-state index in [9.17, 15) is 0 Å². The van der Waals surface area contributed by atoms with Crippen molar-refractivity contribution in [3.8, 4) is 0 Å². The SMILES string of the molecule is NC1CCCCC1N.P.[Pt]. The third kappa shape index (κ3) is 4.03. The first kappa shape index (κ1) is 13.6. The summed E-state index contributed by atoms with van der Waals surface area (Å²) in [6, 6.07) is 0.562. The van der Waals surface area contributed by atoms with Gasteiger partial charge in [0.25, 0.3) is 0 Å². The van der Waals surface area contributed by atoms with Crippen molar-refractivity contribution >= 4 is 9.90 Å². The average Bonchev–Trinajstić information content (AvgIpc) is 1.77. The molecular weight excluding hydrogens is 326 g/mol. The fourth-order valence-corrected chi connectivity index (χ4v) is 1.19. The van der Waals surface area contributed by atoms with Crippen LogP contribution in [0.15, 0.2) is 0 Å². The number of rotatable bonds is 0. The summed E-state index contributed by atoms with van der Waals surface area (Å²) in [7, 11) is 0. The van der Waals surface area contributed by atoms with E-state index < -0.39 is 0 Å². The van der Waals surface area contributed by atoms with Gasteiger partial charge in [0, 0.05) is 33.1 Å². The molecule has 66 valence electrons. The Kier molecular flexibility index (Phi) is 9.16. The Bertz CT molecular complexity index is 72.1. The minimum absolute atomic E-state index is 0. The molecule has 1 aliphatic carbocycles. The van der Waals surface area contributed by atoms with Gasteiger partial charge in [-0.2, -0.15) is 9.90 Å². The normalized spacial score (nSPS) is 31.8. The molecule has 3 atom stereocenters. The van der Waals surface area contributed by atoms with E-state index in [1.54, 1.807) is 0 Å². The van der Waals surface area contributed by atoms with Gasteiger partial charge in [0.2, 0.25) is 0 Å². The van der Waals surface area contributed by atoms with Gasteiger partial charge in [-0.25, -0.2) is 0 Å². The summed E-state index contributed by atoms with van der Waals surface area (Å²) in [6.45, 7) is 0. The van der Waals surface area contributed by atoms with Crippen molar-refractivity contribution in [1.29, 1.82) is 0 Å². The molecule has 1 rings (SSSR count). The van der Waals surface area contributed by atoms with Crippen LogP contribution in [0.1, 0.15) is 25.7 Å². The Hall–Kier alpha value is 1.04. The molecule has 0 aromatic rings. The van der Waals surface area contributed by atoms with Gasteiger partial charge in [0.15, 0.2) is 0 Å². The Morgan fingerprint density at radius 2 is 1.20 bits per heavy atom. The number of nitrogens with two attached hydrogens (primary N) is 2. The van der Waals surface area contributed by atoms with Crippen molar-refractivity contribution < 1.29 is 21.1 Å². The summed E-state index contributed by atoms with van der Waals surface area (Å²) in [5.41, 5.74) is 11.3. The minimum Gasteiger partial charge on any atom is -0.326 e. The van der Waals surface area contributed by atoms with Crippen molar-refractivity contribution in [3.63, 3.8) is 0 Å². The fraction of sp³-hybridized carbons (Fsp3) is 1.00. The second-order valence-electron chi connectivity index (χ2n) is 2.61. The van der Waals surface area contributed by atoms with Gasteiger partial charge in [0.05, 0.1) is 0 Å². The van der Waals surface area contributed by atoms with E-state index in [1.165, 1.54) is 12.8 Å². The van der Waals surface area contributed by atoms with Gasteiger partial charge in [-0.15, -0.1) is 0 Å². The zero-order valence-corrected chi connectivity index (χ0v) is 9.85. The molecular formula is C6H17N2PPt. The third-order valence-electron chi connectivity index (χ3n) is 1.87. The first-order valence-corrected chi connectivity index (χ1v) is 3.32. The first-order chi connectivity index (χ1) is 3.80. The quantitative estimate of drug-likeness (QED) is 0.621. The summed E-state index contributed by atoms with van der Waals surface area (Å²) in [6.07, 6.45) is 4.80. The summed E-state index contributed by atoms with van der Waals surface area (Å²) in [5, 5.41) is 0. The largest absolute Gasteiger partial charge is 0.326 e. The van der Waals surface area contributed by atoms with Crippen LogP contribution in [0.25, 0.3) is 0 Å². The van der Waals surface area contributed by atoms with Crippen LogP contribution in [0.3, 0.4) is 0 Å². The standard InChI is InChI=1S/C6H14N2.H3P.Pt/c7-5-3-1-2-4-6(5)8;;/h5-6H,1-4,7-8H2;1H3;. The maximum absolute atomic E-state index is 5.65. The number of hydrogen-bond acceptors (Lipinski definition) is 2. The summed E-state index contributed by atoms with van der Waals surface area (Å²) in [5.74, 6) is 0. The maximum Gasteiger partial charge on any atom is 0.0192 e. The Morgan fingerprint density at radius 1 is 0.900 bits per heavy atom. The van der Waals surface area contributed by atoms with Crippen LogP contribution in [0.4, 0.5) is 0 Å². The van der Waals surface area contributed by atoms with E-state index in [4.69, 9.17) is 11.5 Å². The predicted molar refractivity (Wildman–Crippen MR) is 45.5 cm³/mol. The topological polar surface area (TPSA) is 52.0 Å². The van der Waals surface area contributed by atoms with Crippen LogP contribution in [0.2, 0.25) is 0 Å². The molecule has 2 nitrogen and oxygen atoms in total. The van der Waals surface area contributed by atoms with Gasteiger partial charge in [-0.3, -0.25) is 0 Å². The molecule has 1 aliphatic rings. The molecule has 1 fully saturated rings. The molecule has 0 bridgehead atoms. The van der Waals surface area contributed by atoms with Crippen LogP contribution in [0.5, 0.6) is 0 Å². The van der Waals surface area contributed by atoms with Crippen LogP contribution in [-0.2, 0) is 21.1 Å². The van der Waals surface area contributed by atoms with Gasteiger partial charge >= 0.3 is 0 Å².